The lowest BCUT2D eigenvalue weighted by Crippen LogP contribution is -2.35. The Morgan fingerprint density at radius 2 is 1.97 bits per heavy atom. The van der Waals surface area contributed by atoms with Crippen molar-refractivity contribution in [2.75, 3.05) is 18.9 Å². The fourth-order valence-electron chi connectivity index (χ4n) is 4.49. The van der Waals surface area contributed by atoms with Crippen molar-refractivity contribution in [3.8, 4) is 11.3 Å². The fourth-order valence-corrected chi connectivity index (χ4v) is 4.49. The van der Waals surface area contributed by atoms with E-state index in [-0.39, 0.29) is 5.91 Å². The summed E-state index contributed by atoms with van der Waals surface area (Å²) in [5.74, 6) is 2.34. The Hall–Kier alpha value is -2.87. The second kappa shape index (κ2) is 10.2. The van der Waals surface area contributed by atoms with Gasteiger partial charge in [0, 0.05) is 42.9 Å². The molecule has 0 atom stereocenters. The molecule has 0 bridgehead atoms. The second-order valence-corrected chi connectivity index (χ2v) is 8.87. The van der Waals surface area contributed by atoms with Gasteiger partial charge in [-0.05, 0) is 50.2 Å². The van der Waals surface area contributed by atoms with Crippen molar-refractivity contribution in [2.24, 2.45) is 16.6 Å². The number of nitrogens with two attached hydrogens (primary N) is 1. The number of carbonyl (C=O) groups excluding carboxylic acids is 1. The molecular weight excluding hydrogens is 402 g/mol. The molecule has 1 aromatic carbocycles. The van der Waals surface area contributed by atoms with Gasteiger partial charge >= 0.3 is 0 Å². The first-order valence-corrected chi connectivity index (χ1v) is 11.8. The molecule has 2 aliphatic rings. The summed E-state index contributed by atoms with van der Waals surface area (Å²) in [6, 6.07) is 7.97. The van der Waals surface area contributed by atoms with Crippen molar-refractivity contribution in [2.45, 2.75) is 64.6 Å². The van der Waals surface area contributed by atoms with Crippen LogP contribution in [0.4, 0.5) is 5.82 Å². The summed E-state index contributed by atoms with van der Waals surface area (Å²) < 4.78 is 2.12. The molecule has 2 aromatic rings. The zero-order chi connectivity index (χ0) is 22.5. The van der Waals surface area contributed by atoms with Gasteiger partial charge in [-0.15, -0.1) is 0 Å². The summed E-state index contributed by atoms with van der Waals surface area (Å²) >= 11 is 0. The maximum Gasteiger partial charge on any atom is 0.251 e. The van der Waals surface area contributed by atoms with E-state index in [9.17, 15) is 4.79 Å². The van der Waals surface area contributed by atoms with E-state index in [1.807, 2.05) is 24.3 Å². The van der Waals surface area contributed by atoms with Crippen molar-refractivity contribution in [3.05, 3.63) is 35.4 Å². The molecular formula is C24H35N7O. The fraction of sp³-hybridized carbons (Fsp3) is 0.542. The third-order valence-corrected chi connectivity index (χ3v) is 6.48. The third-order valence-electron chi connectivity index (χ3n) is 6.48. The van der Waals surface area contributed by atoms with Crippen LogP contribution in [0.3, 0.4) is 0 Å². The quantitative estimate of drug-likeness (QED) is 0.498. The van der Waals surface area contributed by atoms with Crippen LogP contribution in [0.25, 0.3) is 11.3 Å². The normalized spacial score (nSPS) is 20.2. The molecule has 2 heterocycles. The highest BCUT2D eigenvalue weighted by molar-refractivity contribution is 5.97. The molecule has 8 nitrogen and oxygen atoms in total. The minimum atomic E-state index is -0.0892. The van der Waals surface area contributed by atoms with Crippen LogP contribution >= 0.6 is 0 Å². The molecule has 0 spiro atoms. The van der Waals surface area contributed by atoms with Crippen molar-refractivity contribution in [1.29, 1.82) is 0 Å². The SMILES string of the molecule is CCCCNC1=NCc2c(-c3ccc(C(=O)NC)cc3)nn(CC3CCC(N)CC3)c2N1. The molecule has 1 aliphatic heterocycles. The maximum atomic E-state index is 11.9. The molecule has 8 heteroatoms. The maximum absolute atomic E-state index is 11.9. The summed E-state index contributed by atoms with van der Waals surface area (Å²) in [7, 11) is 1.64. The predicted molar refractivity (Wildman–Crippen MR) is 129 cm³/mol. The predicted octanol–water partition coefficient (Wildman–Crippen LogP) is 3.10. The van der Waals surface area contributed by atoms with Crippen molar-refractivity contribution in [3.63, 3.8) is 0 Å². The van der Waals surface area contributed by atoms with Crippen LogP contribution in [0.15, 0.2) is 29.3 Å². The zero-order valence-electron chi connectivity index (χ0n) is 19.2. The molecule has 5 N–H and O–H groups in total. The Balaban J connectivity index is 1.60. The van der Waals surface area contributed by atoms with Crippen LogP contribution in [0.1, 0.15) is 61.4 Å². The highest BCUT2D eigenvalue weighted by atomic mass is 16.1. The van der Waals surface area contributed by atoms with Crippen LogP contribution in [0, 0.1) is 5.92 Å². The van der Waals surface area contributed by atoms with Crippen LogP contribution in [0.2, 0.25) is 0 Å². The number of guanidine groups is 1. The van der Waals surface area contributed by atoms with E-state index < -0.39 is 0 Å². The number of carbonyl (C=O) groups is 1. The summed E-state index contributed by atoms with van der Waals surface area (Å²) in [4.78, 5) is 16.6. The van der Waals surface area contributed by atoms with Gasteiger partial charge in [0.25, 0.3) is 5.91 Å². The minimum absolute atomic E-state index is 0.0892. The van der Waals surface area contributed by atoms with E-state index in [2.05, 4.69) is 27.6 Å². The first kappa shape index (κ1) is 22.3. The average Bonchev–Trinajstić information content (AvgIpc) is 3.18. The standard InChI is InChI=1S/C24H35N7O/c1-3-4-13-27-24-28-14-20-21(17-7-9-18(10-8-17)23(32)26-2)30-31(22(20)29-24)15-16-5-11-19(25)12-6-16/h7-10,16,19H,3-6,11-15,25H2,1-2H3,(H,26,32)(H2,27,28,29). The molecule has 32 heavy (non-hydrogen) atoms. The number of hydrogen-bond acceptors (Lipinski definition) is 6. The minimum Gasteiger partial charge on any atom is -0.356 e. The molecule has 1 amide bonds. The zero-order valence-corrected chi connectivity index (χ0v) is 19.2. The highest BCUT2D eigenvalue weighted by Crippen LogP contribution is 2.34. The van der Waals surface area contributed by atoms with Gasteiger partial charge in [-0.25, -0.2) is 9.67 Å². The highest BCUT2D eigenvalue weighted by Gasteiger charge is 2.26. The van der Waals surface area contributed by atoms with Gasteiger partial charge in [-0.3, -0.25) is 4.79 Å². The number of fused-ring (bicyclic) bond motifs is 1. The molecule has 172 valence electrons. The van der Waals surface area contributed by atoms with E-state index in [1.165, 1.54) is 0 Å². The summed E-state index contributed by atoms with van der Waals surface area (Å²) in [5, 5.41) is 14.6. The number of benzene rings is 1. The van der Waals surface area contributed by atoms with Crippen LogP contribution < -0.4 is 21.7 Å². The lowest BCUT2D eigenvalue weighted by molar-refractivity contribution is 0.0963. The average molecular weight is 438 g/mol. The van der Waals surface area contributed by atoms with E-state index in [4.69, 9.17) is 15.8 Å². The summed E-state index contributed by atoms with van der Waals surface area (Å²) in [6.45, 7) is 4.54. The van der Waals surface area contributed by atoms with Crippen molar-refractivity contribution in [1.82, 2.24) is 20.4 Å². The van der Waals surface area contributed by atoms with Crippen LogP contribution in [-0.2, 0) is 13.1 Å². The van der Waals surface area contributed by atoms with Gasteiger partial charge in [-0.2, -0.15) is 5.10 Å². The first-order valence-electron chi connectivity index (χ1n) is 11.8. The molecule has 1 fully saturated rings. The summed E-state index contributed by atoms with van der Waals surface area (Å²) in [5.41, 5.74) is 9.79. The molecule has 1 saturated carbocycles. The number of aliphatic imine (C=N–C) groups is 1. The van der Waals surface area contributed by atoms with E-state index in [0.29, 0.717) is 24.1 Å². The molecule has 0 unspecified atom stereocenters. The van der Waals surface area contributed by atoms with Crippen molar-refractivity contribution < 1.29 is 4.79 Å². The number of anilines is 1. The Bertz CT molecular complexity index is 955. The van der Waals surface area contributed by atoms with Gasteiger partial charge in [-0.1, -0.05) is 25.5 Å². The lowest BCUT2D eigenvalue weighted by Gasteiger charge is -2.27. The number of aromatic nitrogens is 2. The summed E-state index contributed by atoms with van der Waals surface area (Å²) in [6.07, 6.45) is 6.70. The monoisotopic (exact) mass is 437 g/mol. The Morgan fingerprint density at radius 3 is 2.66 bits per heavy atom. The second-order valence-electron chi connectivity index (χ2n) is 8.87. The van der Waals surface area contributed by atoms with Crippen molar-refractivity contribution >= 4 is 17.7 Å². The van der Waals surface area contributed by atoms with Gasteiger partial charge in [0.15, 0.2) is 5.96 Å². The first-order chi connectivity index (χ1) is 15.6. The van der Waals surface area contributed by atoms with E-state index in [1.54, 1.807) is 7.05 Å². The largest absolute Gasteiger partial charge is 0.356 e. The number of amides is 1. The van der Waals surface area contributed by atoms with Gasteiger partial charge in [0.1, 0.15) is 5.82 Å². The molecule has 1 aliphatic carbocycles. The Labute approximate surface area is 190 Å². The smallest absolute Gasteiger partial charge is 0.251 e. The number of hydrogen-bond donors (Lipinski definition) is 4. The van der Waals surface area contributed by atoms with Crippen LogP contribution in [0.5, 0.6) is 0 Å². The molecule has 4 rings (SSSR count). The van der Waals surface area contributed by atoms with Gasteiger partial charge in [0.2, 0.25) is 0 Å². The number of nitrogens with zero attached hydrogens (tertiary/aromatic N) is 3. The van der Waals surface area contributed by atoms with Gasteiger partial charge < -0.3 is 21.7 Å². The molecule has 0 saturated heterocycles. The molecule has 0 radical (unpaired) electrons. The molecule has 1 aromatic heterocycles. The van der Waals surface area contributed by atoms with Gasteiger partial charge in [0.05, 0.1) is 12.2 Å². The van der Waals surface area contributed by atoms with E-state index >= 15 is 0 Å². The number of rotatable bonds is 7. The lowest BCUT2D eigenvalue weighted by atomic mass is 9.86. The third kappa shape index (κ3) is 4.96. The number of unbranched alkanes of at least 4 members (excludes halogenated alkanes) is 1. The Morgan fingerprint density at radius 1 is 1.22 bits per heavy atom. The number of nitrogens with one attached hydrogen (secondary N) is 3. The topological polar surface area (TPSA) is 109 Å². The van der Waals surface area contributed by atoms with E-state index in [0.717, 1.165) is 80.2 Å². The Kier molecular flexibility index (Phi) is 7.09. The van der Waals surface area contributed by atoms with Crippen LogP contribution in [-0.4, -0.2) is 41.3 Å².